The van der Waals surface area contributed by atoms with Crippen LogP contribution in [0, 0.1) is 5.82 Å². The molecule has 0 fully saturated rings. The van der Waals surface area contributed by atoms with Crippen molar-refractivity contribution in [1.82, 2.24) is 0 Å². The Bertz CT molecular complexity index is 1360. The van der Waals surface area contributed by atoms with Crippen LogP contribution in [-0.2, 0) is 20.0 Å². The number of rotatable bonds is 6. The molecule has 3 aromatic carbocycles. The molecule has 0 unspecified atom stereocenters. The lowest BCUT2D eigenvalue weighted by Gasteiger charge is -2.13. The molecular weight excluding hydrogens is 459 g/mol. The van der Waals surface area contributed by atoms with E-state index in [0.29, 0.717) is 31.1 Å². The molecule has 0 saturated heterocycles. The summed E-state index contributed by atoms with van der Waals surface area (Å²) in [4.78, 5) is -0.306. The highest BCUT2D eigenvalue weighted by molar-refractivity contribution is 7.93. The molecule has 0 aliphatic carbocycles. The van der Waals surface area contributed by atoms with E-state index in [1.807, 2.05) is 0 Å². The maximum Gasteiger partial charge on any atom is 0.262 e. The van der Waals surface area contributed by atoms with Crippen LogP contribution in [0.1, 0.15) is 6.42 Å². The number of nitrogens with one attached hydrogen (secondary N) is 2. The summed E-state index contributed by atoms with van der Waals surface area (Å²) in [5.74, 6) is 0.0342. The second kappa shape index (κ2) is 8.67. The zero-order valence-electron chi connectivity index (χ0n) is 16.6. The first kappa shape index (κ1) is 21.9. The Kier molecular flexibility index (Phi) is 5.94. The molecule has 0 aromatic heterocycles. The number of hydrogen-bond acceptors (Lipinski definition) is 6. The average Bonchev–Trinajstić information content (AvgIpc) is 3.00. The molecule has 8 nitrogen and oxygen atoms in total. The van der Waals surface area contributed by atoms with E-state index in [9.17, 15) is 21.2 Å². The standard InChI is InChI=1S/C21H19FN2O6S2/c22-18-7-1-2-8-19(18)24-32(27,28)16-6-3-5-15(13-16)23-31(25,26)17-9-10-20-21(14-17)30-12-4-11-29-20/h1-3,5-10,13-14,23-24H,4,11-12H2. The number of hydrogen-bond donors (Lipinski definition) is 2. The highest BCUT2D eigenvalue weighted by Crippen LogP contribution is 2.32. The summed E-state index contributed by atoms with van der Waals surface area (Å²) in [5.41, 5.74) is -0.195. The highest BCUT2D eigenvalue weighted by atomic mass is 32.2. The zero-order chi connectivity index (χ0) is 22.8. The lowest BCUT2D eigenvalue weighted by atomic mass is 10.3. The number of benzene rings is 3. The number of ether oxygens (including phenoxy) is 2. The fraction of sp³-hybridized carbons (Fsp3) is 0.143. The minimum atomic E-state index is -4.16. The third-order valence-corrected chi connectivity index (χ3v) is 7.29. The number of anilines is 2. The molecule has 1 heterocycles. The van der Waals surface area contributed by atoms with Crippen LogP contribution in [0.5, 0.6) is 11.5 Å². The van der Waals surface area contributed by atoms with Crippen LogP contribution >= 0.6 is 0 Å². The van der Waals surface area contributed by atoms with Gasteiger partial charge in [-0.1, -0.05) is 18.2 Å². The molecule has 4 rings (SSSR count). The predicted molar refractivity (Wildman–Crippen MR) is 117 cm³/mol. The van der Waals surface area contributed by atoms with Gasteiger partial charge < -0.3 is 9.47 Å². The quantitative estimate of drug-likeness (QED) is 0.560. The Morgan fingerprint density at radius 3 is 2.19 bits per heavy atom. The van der Waals surface area contributed by atoms with Gasteiger partial charge in [0.1, 0.15) is 5.82 Å². The van der Waals surface area contributed by atoms with Gasteiger partial charge >= 0.3 is 0 Å². The van der Waals surface area contributed by atoms with Gasteiger partial charge in [-0.2, -0.15) is 0 Å². The van der Waals surface area contributed by atoms with E-state index in [-0.39, 0.29) is 21.2 Å². The smallest absolute Gasteiger partial charge is 0.262 e. The van der Waals surface area contributed by atoms with Crippen molar-refractivity contribution in [2.24, 2.45) is 0 Å². The van der Waals surface area contributed by atoms with Crippen molar-refractivity contribution in [3.05, 3.63) is 72.5 Å². The fourth-order valence-corrected chi connectivity index (χ4v) is 5.18. The molecule has 11 heteroatoms. The molecular formula is C21H19FN2O6S2. The predicted octanol–water partition coefficient (Wildman–Crippen LogP) is 3.59. The number of halogens is 1. The Balaban J connectivity index is 1.58. The van der Waals surface area contributed by atoms with Crippen LogP contribution in [0.2, 0.25) is 0 Å². The lowest BCUT2D eigenvalue weighted by molar-refractivity contribution is 0.297. The van der Waals surface area contributed by atoms with E-state index in [4.69, 9.17) is 9.47 Å². The van der Waals surface area contributed by atoms with Crippen molar-refractivity contribution < 1.29 is 30.7 Å². The van der Waals surface area contributed by atoms with Gasteiger partial charge in [0, 0.05) is 12.5 Å². The molecule has 0 saturated carbocycles. The normalized spacial score (nSPS) is 13.8. The topological polar surface area (TPSA) is 111 Å². The van der Waals surface area contributed by atoms with Gasteiger partial charge in [0.15, 0.2) is 11.5 Å². The van der Waals surface area contributed by atoms with Gasteiger partial charge in [-0.3, -0.25) is 9.44 Å². The summed E-state index contributed by atoms with van der Waals surface area (Å²) in [6.45, 7) is 0.873. The van der Waals surface area contributed by atoms with Crippen LogP contribution < -0.4 is 18.9 Å². The molecule has 0 bridgehead atoms. The Hall–Kier alpha value is -3.31. The molecule has 32 heavy (non-hydrogen) atoms. The lowest BCUT2D eigenvalue weighted by Crippen LogP contribution is -2.16. The van der Waals surface area contributed by atoms with E-state index < -0.39 is 25.9 Å². The van der Waals surface area contributed by atoms with Crippen LogP contribution in [-0.4, -0.2) is 30.0 Å². The van der Waals surface area contributed by atoms with Crippen LogP contribution in [0.15, 0.2) is 76.5 Å². The van der Waals surface area contributed by atoms with Gasteiger partial charge in [0.25, 0.3) is 20.0 Å². The summed E-state index contributed by atoms with van der Waals surface area (Å²) in [7, 11) is -8.20. The molecule has 2 N–H and O–H groups in total. The summed E-state index contributed by atoms with van der Waals surface area (Å²) in [6, 6.07) is 14.8. The van der Waals surface area contributed by atoms with Crippen molar-refractivity contribution in [2.45, 2.75) is 16.2 Å². The summed E-state index contributed by atoms with van der Waals surface area (Å²) in [5, 5.41) is 0. The Morgan fingerprint density at radius 2 is 1.41 bits per heavy atom. The van der Waals surface area contributed by atoms with Crippen molar-refractivity contribution >= 4 is 31.4 Å². The zero-order valence-corrected chi connectivity index (χ0v) is 18.2. The van der Waals surface area contributed by atoms with E-state index >= 15 is 0 Å². The van der Waals surface area contributed by atoms with E-state index in [1.165, 1.54) is 54.6 Å². The highest BCUT2D eigenvalue weighted by Gasteiger charge is 2.21. The SMILES string of the molecule is O=S(=O)(Nc1cccc(S(=O)(=O)Nc2ccccc2F)c1)c1ccc2c(c1)OCCCO2. The second-order valence-electron chi connectivity index (χ2n) is 6.88. The monoisotopic (exact) mass is 478 g/mol. The van der Waals surface area contributed by atoms with Crippen LogP contribution in [0.3, 0.4) is 0 Å². The summed E-state index contributed by atoms with van der Waals surface area (Å²) in [6.07, 6.45) is 0.678. The summed E-state index contributed by atoms with van der Waals surface area (Å²) >= 11 is 0. The first-order valence-electron chi connectivity index (χ1n) is 9.54. The Labute approximate surface area is 185 Å². The molecule has 0 amide bonds. The first-order valence-corrected chi connectivity index (χ1v) is 12.5. The number of fused-ring (bicyclic) bond motifs is 1. The van der Waals surface area contributed by atoms with Gasteiger partial charge in [0.05, 0.1) is 34.4 Å². The van der Waals surface area contributed by atoms with E-state index in [0.717, 1.165) is 12.1 Å². The fourth-order valence-electron chi connectivity index (χ4n) is 3.00. The Morgan fingerprint density at radius 1 is 0.719 bits per heavy atom. The third kappa shape index (κ3) is 4.78. The van der Waals surface area contributed by atoms with Crippen LogP contribution in [0.4, 0.5) is 15.8 Å². The maximum atomic E-state index is 13.8. The minimum Gasteiger partial charge on any atom is -0.490 e. The number of para-hydroxylation sites is 1. The van der Waals surface area contributed by atoms with Gasteiger partial charge in [-0.25, -0.2) is 21.2 Å². The minimum absolute atomic E-state index is 0.0218. The number of sulfonamides is 2. The molecule has 3 aromatic rings. The molecule has 1 aliphatic rings. The molecule has 168 valence electrons. The van der Waals surface area contributed by atoms with Gasteiger partial charge in [-0.15, -0.1) is 0 Å². The van der Waals surface area contributed by atoms with Crippen molar-refractivity contribution in [1.29, 1.82) is 0 Å². The van der Waals surface area contributed by atoms with Gasteiger partial charge in [0.2, 0.25) is 0 Å². The molecule has 0 atom stereocenters. The average molecular weight is 479 g/mol. The van der Waals surface area contributed by atoms with Gasteiger partial charge in [-0.05, 0) is 42.5 Å². The molecule has 0 radical (unpaired) electrons. The van der Waals surface area contributed by atoms with Crippen molar-refractivity contribution in [3.8, 4) is 11.5 Å². The second-order valence-corrected chi connectivity index (χ2v) is 10.2. The summed E-state index contributed by atoms with van der Waals surface area (Å²) < 4.78 is 80.4. The molecule has 0 spiro atoms. The maximum absolute atomic E-state index is 13.8. The van der Waals surface area contributed by atoms with E-state index in [1.54, 1.807) is 0 Å². The molecule has 1 aliphatic heterocycles. The first-order chi connectivity index (χ1) is 15.2. The largest absolute Gasteiger partial charge is 0.490 e. The van der Waals surface area contributed by atoms with Crippen molar-refractivity contribution in [3.63, 3.8) is 0 Å². The van der Waals surface area contributed by atoms with E-state index in [2.05, 4.69) is 9.44 Å². The van der Waals surface area contributed by atoms with Crippen LogP contribution in [0.25, 0.3) is 0 Å². The van der Waals surface area contributed by atoms with Crippen molar-refractivity contribution in [2.75, 3.05) is 22.7 Å². The third-order valence-electron chi connectivity index (χ3n) is 4.54.